The third kappa shape index (κ3) is 2.34. The van der Waals surface area contributed by atoms with Gasteiger partial charge in [0, 0.05) is 13.1 Å². The second-order valence-electron chi connectivity index (χ2n) is 3.42. The number of nitrogens with zero attached hydrogens (tertiary/aromatic N) is 2. The number of aromatic carboxylic acids is 1. The number of carboxylic acids is 1. The Morgan fingerprint density at radius 1 is 1.44 bits per heavy atom. The van der Waals surface area contributed by atoms with E-state index in [1.165, 1.54) is 13.1 Å². The lowest BCUT2D eigenvalue weighted by molar-refractivity contribution is -0.114. The molecule has 0 aliphatic heterocycles. The predicted molar refractivity (Wildman–Crippen MR) is 61.0 cm³/mol. The molecule has 0 radical (unpaired) electrons. The van der Waals surface area contributed by atoms with Crippen LogP contribution in [0.25, 0.3) is 11.5 Å². The van der Waals surface area contributed by atoms with Crippen molar-refractivity contribution >= 4 is 17.7 Å². The second kappa shape index (κ2) is 4.66. The first kappa shape index (κ1) is 11.8. The van der Waals surface area contributed by atoms with Crippen molar-refractivity contribution in [2.24, 2.45) is 0 Å². The number of rotatable bonds is 3. The van der Waals surface area contributed by atoms with Crippen LogP contribution in [0.2, 0.25) is 0 Å². The highest BCUT2D eigenvalue weighted by Crippen LogP contribution is 2.25. The summed E-state index contributed by atoms with van der Waals surface area (Å²) in [4.78, 5) is 29.5. The van der Waals surface area contributed by atoms with E-state index in [4.69, 9.17) is 9.52 Å². The van der Waals surface area contributed by atoms with E-state index in [0.29, 0.717) is 5.56 Å². The summed E-state index contributed by atoms with van der Waals surface area (Å²) in [5.74, 6) is -1.12. The van der Waals surface area contributed by atoms with Crippen LogP contribution >= 0.6 is 0 Å². The topological polar surface area (TPSA) is 105 Å². The van der Waals surface area contributed by atoms with Crippen molar-refractivity contribution in [2.75, 3.05) is 5.32 Å². The molecule has 0 fully saturated rings. The minimum atomic E-state index is -1.19. The number of nitrogens with one attached hydrogen (secondary N) is 1. The van der Waals surface area contributed by atoms with Gasteiger partial charge >= 0.3 is 5.97 Å². The summed E-state index contributed by atoms with van der Waals surface area (Å²) in [6.45, 7) is 1.34. The summed E-state index contributed by atoms with van der Waals surface area (Å²) in [5, 5.41) is 11.3. The third-order valence-electron chi connectivity index (χ3n) is 2.06. The molecular formula is C11H9N3O4. The Labute approximate surface area is 101 Å². The van der Waals surface area contributed by atoms with Gasteiger partial charge in [-0.05, 0) is 12.1 Å². The molecule has 0 aliphatic carbocycles. The number of oxazole rings is 1. The first-order valence-corrected chi connectivity index (χ1v) is 4.99. The maximum absolute atomic E-state index is 11.0. The molecule has 92 valence electrons. The van der Waals surface area contributed by atoms with Crippen LogP contribution in [0.4, 0.5) is 5.82 Å². The number of hydrogen-bond donors (Lipinski definition) is 2. The molecule has 0 aromatic carbocycles. The van der Waals surface area contributed by atoms with E-state index in [0.717, 1.165) is 6.26 Å². The zero-order valence-corrected chi connectivity index (χ0v) is 9.38. The molecule has 0 bridgehead atoms. The standard InChI is InChI=1S/C11H9N3O4/c1-6(15)13-9-7(3-2-4-12-9)10-14-8(5-18-10)11(16)17/h2-5H,1H3,(H,16,17)(H,12,13,15). The molecule has 2 aromatic heterocycles. The number of amides is 1. The monoisotopic (exact) mass is 247 g/mol. The van der Waals surface area contributed by atoms with E-state index in [1.807, 2.05) is 0 Å². The number of carbonyl (C=O) groups excluding carboxylic acids is 1. The summed E-state index contributed by atoms with van der Waals surface area (Å²) >= 11 is 0. The third-order valence-corrected chi connectivity index (χ3v) is 2.06. The first-order chi connectivity index (χ1) is 8.58. The SMILES string of the molecule is CC(=O)Nc1ncccc1-c1nc(C(=O)O)co1. The highest BCUT2D eigenvalue weighted by atomic mass is 16.4. The Morgan fingerprint density at radius 3 is 2.83 bits per heavy atom. The van der Waals surface area contributed by atoms with Gasteiger partial charge in [-0.1, -0.05) is 0 Å². The van der Waals surface area contributed by atoms with Gasteiger partial charge in [0.2, 0.25) is 11.8 Å². The molecule has 0 saturated heterocycles. The lowest BCUT2D eigenvalue weighted by Crippen LogP contribution is -2.08. The number of aromatic nitrogens is 2. The smallest absolute Gasteiger partial charge is 0.357 e. The maximum atomic E-state index is 11.0. The van der Waals surface area contributed by atoms with E-state index in [1.54, 1.807) is 12.1 Å². The fraction of sp³-hybridized carbons (Fsp3) is 0.0909. The average Bonchev–Trinajstić information content (AvgIpc) is 2.78. The molecule has 2 rings (SSSR count). The van der Waals surface area contributed by atoms with Gasteiger partial charge in [0.1, 0.15) is 12.1 Å². The minimum Gasteiger partial charge on any atom is -0.476 e. The summed E-state index contributed by atoms with van der Waals surface area (Å²) in [5.41, 5.74) is 0.211. The van der Waals surface area contributed by atoms with Crippen LogP contribution in [0.5, 0.6) is 0 Å². The predicted octanol–water partition coefficient (Wildman–Crippen LogP) is 1.39. The van der Waals surface area contributed by atoms with Gasteiger partial charge < -0.3 is 14.8 Å². The number of carboxylic acid groups (broad SMARTS) is 1. The van der Waals surface area contributed by atoms with Gasteiger partial charge in [0.15, 0.2) is 5.69 Å². The molecule has 2 N–H and O–H groups in total. The fourth-order valence-electron chi connectivity index (χ4n) is 1.34. The zero-order valence-electron chi connectivity index (χ0n) is 9.38. The highest BCUT2D eigenvalue weighted by Gasteiger charge is 2.15. The van der Waals surface area contributed by atoms with Crippen LogP contribution in [-0.2, 0) is 4.79 Å². The molecule has 7 heteroatoms. The Hall–Kier alpha value is -2.70. The molecule has 2 aromatic rings. The molecule has 0 spiro atoms. The number of carbonyl (C=O) groups is 2. The largest absolute Gasteiger partial charge is 0.476 e. The summed E-state index contributed by atoms with van der Waals surface area (Å²) in [6, 6.07) is 3.25. The fourth-order valence-corrected chi connectivity index (χ4v) is 1.34. The van der Waals surface area contributed by atoms with Crippen LogP contribution < -0.4 is 5.32 Å². The van der Waals surface area contributed by atoms with Gasteiger partial charge in [0.25, 0.3) is 0 Å². The lowest BCUT2D eigenvalue weighted by Gasteiger charge is -2.04. The number of anilines is 1. The van der Waals surface area contributed by atoms with Gasteiger partial charge in [-0.3, -0.25) is 4.79 Å². The van der Waals surface area contributed by atoms with Crippen molar-refractivity contribution in [3.05, 3.63) is 30.3 Å². The molecule has 18 heavy (non-hydrogen) atoms. The van der Waals surface area contributed by atoms with Crippen molar-refractivity contribution < 1.29 is 19.1 Å². The molecule has 0 aliphatic rings. The summed E-state index contributed by atoms with van der Waals surface area (Å²) in [7, 11) is 0. The minimum absolute atomic E-state index is 0.0873. The van der Waals surface area contributed by atoms with E-state index < -0.39 is 5.97 Å². The van der Waals surface area contributed by atoms with Crippen molar-refractivity contribution in [1.82, 2.24) is 9.97 Å². The molecule has 7 nitrogen and oxygen atoms in total. The Morgan fingerprint density at radius 2 is 2.22 bits per heavy atom. The van der Waals surface area contributed by atoms with Crippen LogP contribution in [0.3, 0.4) is 0 Å². The van der Waals surface area contributed by atoms with Crippen LogP contribution in [0, 0.1) is 0 Å². The molecule has 0 unspecified atom stereocenters. The molecule has 1 amide bonds. The summed E-state index contributed by atoms with van der Waals surface area (Å²) < 4.78 is 5.05. The van der Waals surface area contributed by atoms with Gasteiger partial charge in [-0.2, -0.15) is 0 Å². The zero-order chi connectivity index (χ0) is 13.1. The van der Waals surface area contributed by atoms with E-state index in [-0.39, 0.29) is 23.3 Å². The Bertz CT molecular complexity index is 606. The molecular weight excluding hydrogens is 238 g/mol. The van der Waals surface area contributed by atoms with E-state index in [9.17, 15) is 9.59 Å². The number of pyridine rings is 1. The molecule has 0 atom stereocenters. The van der Waals surface area contributed by atoms with Crippen molar-refractivity contribution in [3.8, 4) is 11.5 Å². The lowest BCUT2D eigenvalue weighted by atomic mass is 10.2. The maximum Gasteiger partial charge on any atom is 0.357 e. The van der Waals surface area contributed by atoms with Crippen LogP contribution in [0.15, 0.2) is 29.0 Å². The van der Waals surface area contributed by atoms with E-state index in [2.05, 4.69) is 15.3 Å². The van der Waals surface area contributed by atoms with Crippen molar-refractivity contribution in [1.29, 1.82) is 0 Å². The van der Waals surface area contributed by atoms with Crippen LogP contribution in [-0.4, -0.2) is 27.0 Å². The average molecular weight is 247 g/mol. The molecule has 0 saturated carbocycles. The Kier molecular flexibility index (Phi) is 3.05. The quantitative estimate of drug-likeness (QED) is 0.849. The summed E-state index contributed by atoms with van der Waals surface area (Å²) in [6.07, 6.45) is 2.53. The second-order valence-corrected chi connectivity index (χ2v) is 3.42. The van der Waals surface area contributed by atoms with Gasteiger partial charge in [-0.25, -0.2) is 14.8 Å². The van der Waals surface area contributed by atoms with Crippen molar-refractivity contribution in [2.45, 2.75) is 6.92 Å². The number of hydrogen-bond acceptors (Lipinski definition) is 5. The van der Waals surface area contributed by atoms with Gasteiger partial charge in [-0.15, -0.1) is 0 Å². The van der Waals surface area contributed by atoms with Gasteiger partial charge in [0.05, 0.1) is 5.56 Å². The highest BCUT2D eigenvalue weighted by molar-refractivity contribution is 5.92. The van der Waals surface area contributed by atoms with E-state index >= 15 is 0 Å². The van der Waals surface area contributed by atoms with Crippen molar-refractivity contribution in [3.63, 3.8) is 0 Å². The Balaban J connectivity index is 2.42. The first-order valence-electron chi connectivity index (χ1n) is 4.99. The van der Waals surface area contributed by atoms with Crippen LogP contribution in [0.1, 0.15) is 17.4 Å². The molecule has 2 heterocycles. The normalized spacial score (nSPS) is 10.1.